The zero-order valence-electron chi connectivity index (χ0n) is 9.64. The first-order valence-corrected chi connectivity index (χ1v) is 5.23. The number of fused-ring (bicyclic) bond motifs is 1. The van der Waals surface area contributed by atoms with E-state index in [1.54, 1.807) is 24.3 Å². The molecule has 5 heteroatoms. The Hall–Kier alpha value is -2.43. The summed E-state index contributed by atoms with van der Waals surface area (Å²) in [5, 5.41) is 0. The fourth-order valence-corrected chi connectivity index (χ4v) is 1.59. The van der Waals surface area contributed by atoms with Crippen molar-refractivity contribution < 1.29 is 23.9 Å². The Morgan fingerprint density at radius 1 is 1.17 bits per heavy atom. The highest BCUT2D eigenvalue weighted by Gasteiger charge is 2.26. The van der Waals surface area contributed by atoms with Gasteiger partial charge in [-0.1, -0.05) is 24.3 Å². The van der Waals surface area contributed by atoms with Crippen molar-refractivity contribution in [2.45, 2.75) is 0 Å². The predicted molar refractivity (Wildman–Crippen MR) is 61.2 cm³/mol. The molecular formula is C13H10O5. The van der Waals surface area contributed by atoms with Gasteiger partial charge >= 0.3 is 5.97 Å². The van der Waals surface area contributed by atoms with Gasteiger partial charge in [0.2, 0.25) is 5.78 Å². The lowest BCUT2D eigenvalue weighted by molar-refractivity contribution is -0.144. The maximum Gasteiger partial charge on any atom is 0.343 e. The van der Waals surface area contributed by atoms with E-state index in [1.807, 2.05) is 0 Å². The van der Waals surface area contributed by atoms with Gasteiger partial charge in [-0.3, -0.25) is 9.59 Å². The van der Waals surface area contributed by atoms with Crippen molar-refractivity contribution in [3.05, 3.63) is 47.2 Å². The highest BCUT2D eigenvalue weighted by molar-refractivity contribution is 6.23. The van der Waals surface area contributed by atoms with E-state index in [0.717, 1.165) is 6.08 Å². The summed E-state index contributed by atoms with van der Waals surface area (Å²) in [6.07, 6.45) is 1.09. The number of hydrogen-bond donors (Lipinski definition) is 0. The first-order chi connectivity index (χ1) is 8.63. The zero-order chi connectivity index (χ0) is 13.1. The second-order valence-electron chi connectivity index (χ2n) is 3.61. The van der Waals surface area contributed by atoms with E-state index < -0.39 is 18.4 Å². The highest BCUT2D eigenvalue weighted by Crippen LogP contribution is 2.21. The van der Waals surface area contributed by atoms with Crippen LogP contribution in [0.4, 0.5) is 0 Å². The summed E-state index contributed by atoms with van der Waals surface area (Å²) in [6, 6.07) is 6.46. The summed E-state index contributed by atoms with van der Waals surface area (Å²) in [4.78, 5) is 34.6. The van der Waals surface area contributed by atoms with Crippen molar-refractivity contribution in [3.63, 3.8) is 0 Å². The Bertz CT molecular complexity index is 556. The third-order valence-electron chi connectivity index (χ3n) is 2.50. The molecule has 1 aromatic rings. The van der Waals surface area contributed by atoms with Crippen molar-refractivity contribution >= 4 is 17.5 Å². The molecule has 0 aliphatic heterocycles. The molecule has 1 aliphatic rings. The van der Waals surface area contributed by atoms with Gasteiger partial charge in [-0.2, -0.15) is 0 Å². The number of rotatable bonds is 3. The Morgan fingerprint density at radius 2 is 1.83 bits per heavy atom. The van der Waals surface area contributed by atoms with Crippen molar-refractivity contribution in [2.75, 3.05) is 13.7 Å². The van der Waals surface area contributed by atoms with Crippen LogP contribution in [0.3, 0.4) is 0 Å². The van der Waals surface area contributed by atoms with Crippen LogP contribution in [0.15, 0.2) is 36.1 Å². The lowest BCUT2D eigenvalue weighted by atomic mass is 9.94. The number of esters is 1. The smallest absolute Gasteiger partial charge is 0.343 e. The molecule has 0 unspecified atom stereocenters. The van der Waals surface area contributed by atoms with Gasteiger partial charge in [-0.15, -0.1) is 0 Å². The Kier molecular flexibility index (Phi) is 3.23. The summed E-state index contributed by atoms with van der Waals surface area (Å²) in [7, 11) is 1.21. The predicted octanol–water partition coefficient (Wildman–Crippen LogP) is 1.14. The molecule has 0 atom stereocenters. The number of carbonyl (C=O) groups is 3. The molecule has 0 fully saturated rings. The first kappa shape index (κ1) is 12.0. The lowest BCUT2D eigenvalue weighted by Crippen LogP contribution is -2.21. The SMILES string of the molecule is COC(=O)COC1=CC(=O)c2ccccc2C1=O. The van der Waals surface area contributed by atoms with Gasteiger partial charge in [-0.05, 0) is 0 Å². The molecular weight excluding hydrogens is 236 g/mol. The first-order valence-electron chi connectivity index (χ1n) is 5.23. The van der Waals surface area contributed by atoms with Gasteiger partial charge in [0.05, 0.1) is 7.11 Å². The van der Waals surface area contributed by atoms with Crippen LogP contribution in [0, 0.1) is 0 Å². The summed E-state index contributed by atoms with van der Waals surface area (Å²) in [5.74, 6) is -1.47. The molecule has 0 saturated carbocycles. The summed E-state index contributed by atoms with van der Waals surface area (Å²) >= 11 is 0. The number of ether oxygens (including phenoxy) is 2. The van der Waals surface area contributed by atoms with E-state index in [-0.39, 0.29) is 17.1 Å². The van der Waals surface area contributed by atoms with E-state index in [1.165, 1.54) is 7.11 Å². The largest absolute Gasteiger partial charge is 0.478 e. The molecule has 18 heavy (non-hydrogen) atoms. The lowest BCUT2D eigenvalue weighted by Gasteiger charge is -2.14. The fraction of sp³-hybridized carbons (Fsp3) is 0.154. The standard InChI is InChI=1S/C13H10O5/c1-17-12(15)7-18-11-6-10(14)8-4-2-3-5-9(8)13(11)16/h2-6H,7H2,1H3. The van der Waals surface area contributed by atoms with Crippen LogP contribution < -0.4 is 0 Å². The Balaban J connectivity index is 2.23. The zero-order valence-corrected chi connectivity index (χ0v) is 9.64. The topological polar surface area (TPSA) is 69.7 Å². The average molecular weight is 246 g/mol. The molecule has 2 rings (SSSR count). The maximum atomic E-state index is 12.0. The van der Waals surface area contributed by atoms with Crippen molar-refractivity contribution in [1.82, 2.24) is 0 Å². The van der Waals surface area contributed by atoms with Crippen molar-refractivity contribution in [2.24, 2.45) is 0 Å². The van der Waals surface area contributed by atoms with E-state index in [9.17, 15) is 14.4 Å². The van der Waals surface area contributed by atoms with Gasteiger partial charge in [0.15, 0.2) is 18.1 Å². The number of methoxy groups -OCH3 is 1. The molecule has 0 N–H and O–H groups in total. The maximum absolute atomic E-state index is 12.0. The van der Waals surface area contributed by atoms with Gasteiger partial charge in [-0.25, -0.2) is 4.79 Å². The molecule has 0 saturated heterocycles. The molecule has 0 aromatic heterocycles. The molecule has 1 aromatic carbocycles. The molecule has 1 aliphatic carbocycles. The summed E-state index contributed by atoms with van der Waals surface area (Å²) in [5.41, 5.74) is 0.623. The minimum absolute atomic E-state index is 0.135. The second kappa shape index (κ2) is 4.83. The number of Topliss-reactive ketones (excluding diaryl/α,β-unsaturated/α-hetero) is 1. The molecule has 0 bridgehead atoms. The number of benzene rings is 1. The van der Waals surface area contributed by atoms with E-state index in [4.69, 9.17) is 4.74 Å². The van der Waals surface area contributed by atoms with E-state index in [2.05, 4.69) is 4.74 Å². The molecule has 0 amide bonds. The van der Waals surface area contributed by atoms with E-state index >= 15 is 0 Å². The Morgan fingerprint density at radius 3 is 2.50 bits per heavy atom. The minimum Gasteiger partial charge on any atom is -0.478 e. The number of hydrogen-bond acceptors (Lipinski definition) is 5. The van der Waals surface area contributed by atoms with Crippen LogP contribution in [0.25, 0.3) is 0 Å². The van der Waals surface area contributed by atoms with Crippen LogP contribution in [-0.4, -0.2) is 31.3 Å². The van der Waals surface area contributed by atoms with Gasteiger partial charge in [0, 0.05) is 17.2 Å². The molecule has 0 heterocycles. The van der Waals surface area contributed by atoms with Crippen LogP contribution in [0.1, 0.15) is 20.7 Å². The van der Waals surface area contributed by atoms with Crippen LogP contribution in [0.2, 0.25) is 0 Å². The molecule has 0 spiro atoms. The van der Waals surface area contributed by atoms with Crippen LogP contribution in [0.5, 0.6) is 0 Å². The van der Waals surface area contributed by atoms with E-state index in [0.29, 0.717) is 5.56 Å². The minimum atomic E-state index is -0.616. The number of allylic oxidation sites excluding steroid dienone is 2. The molecule has 0 radical (unpaired) electrons. The summed E-state index contributed by atoms with van der Waals surface area (Å²) < 4.78 is 9.38. The fourth-order valence-electron chi connectivity index (χ4n) is 1.59. The van der Waals surface area contributed by atoms with Crippen LogP contribution >= 0.6 is 0 Å². The van der Waals surface area contributed by atoms with Crippen LogP contribution in [-0.2, 0) is 14.3 Å². The highest BCUT2D eigenvalue weighted by atomic mass is 16.6. The number of carbonyl (C=O) groups excluding carboxylic acids is 3. The summed E-state index contributed by atoms with van der Waals surface area (Å²) in [6.45, 7) is -0.399. The third-order valence-corrected chi connectivity index (χ3v) is 2.50. The van der Waals surface area contributed by atoms with Crippen molar-refractivity contribution in [3.8, 4) is 0 Å². The second-order valence-corrected chi connectivity index (χ2v) is 3.61. The normalized spacial score (nSPS) is 13.7. The number of ketones is 2. The molecule has 92 valence electrons. The van der Waals surface area contributed by atoms with Gasteiger partial charge in [0.1, 0.15) is 0 Å². The van der Waals surface area contributed by atoms with Gasteiger partial charge in [0.25, 0.3) is 0 Å². The average Bonchev–Trinajstić information content (AvgIpc) is 2.41. The Labute approximate surface area is 103 Å². The van der Waals surface area contributed by atoms with Gasteiger partial charge < -0.3 is 9.47 Å². The quantitative estimate of drug-likeness (QED) is 0.748. The monoisotopic (exact) mass is 246 g/mol. The van der Waals surface area contributed by atoms with Crippen molar-refractivity contribution in [1.29, 1.82) is 0 Å². The molecule has 5 nitrogen and oxygen atoms in total. The third kappa shape index (κ3) is 2.15.